The Hall–Kier alpha value is -6.46. The Morgan fingerprint density at radius 1 is 0.468 bits per heavy atom. The van der Waals surface area contributed by atoms with E-state index in [1.807, 2.05) is 36.4 Å². The van der Waals surface area contributed by atoms with Gasteiger partial charge in [-0.05, 0) is 47.2 Å². The molecule has 0 N–H and O–H groups in total. The average molecular weight is 599 g/mol. The minimum Gasteiger partial charge on any atom is -0.452 e. The molecule has 5 heterocycles. The maximum absolute atomic E-state index is 6.45. The summed E-state index contributed by atoms with van der Waals surface area (Å²) in [7, 11) is 0. The van der Waals surface area contributed by atoms with Crippen LogP contribution in [0.15, 0.2) is 138 Å². The van der Waals surface area contributed by atoms with Crippen LogP contribution in [0.2, 0.25) is 0 Å². The second kappa shape index (κ2) is 8.22. The molecule has 7 aromatic carbocycles. The second-order valence-electron chi connectivity index (χ2n) is 12.6. The summed E-state index contributed by atoms with van der Waals surface area (Å²) in [5.41, 5.74) is 9.95. The van der Waals surface area contributed by atoms with Crippen LogP contribution in [0.4, 0.5) is 0 Å². The van der Waals surface area contributed by atoms with E-state index in [9.17, 15) is 0 Å². The van der Waals surface area contributed by atoms with Crippen molar-refractivity contribution < 1.29 is 4.42 Å². The summed E-state index contributed by atoms with van der Waals surface area (Å²) in [6.07, 6.45) is 0. The van der Waals surface area contributed by atoms with E-state index >= 15 is 0 Å². The van der Waals surface area contributed by atoms with Crippen molar-refractivity contribution in [2.24, 2.45) is 0 Å². The third kappa shape index (κ3) is 2.82. The largest absolute Gasteiger partial charge is 0.452 e. The lowest BCUT2D eigenvalue weighted by Gasteiger charge is -2.11. The van der Waals surface area contributed by atoms with Crippen molar-refractivity contribution in [2.45, 2.75) is 0 Å². The molecular formula is C42H22N4O. The number of nitrogens with zero attached hydrogens (tertiary/aromatic N) is 4. The molecule has 0 aliphatic carbocycles. The smallest absolute Gasteiger partial charge is 0.236 e. The van der Waals surface area contributed by atoms with Crippen LogP contribution in [0.25, 0.3) is 110 Å². The normalized spacial score (nSPS) is 12.7. The number of benzene rings is 7. The monoisotopic (exact) mass is 598 g/mol. The minimum atomic E-state index is 0.632. The van der Waals surface area contributed by atoms with Gasteiger partial charge in [0.05, 0.1) is 27.6 Å². The average Bonchev–Trinajstić information content (AvgIpc) is 3.76. The lowest BCUT2D eigenvalue weighted by Crippen LogP contribution is -2.03. The molecule has 0 aliphatic rings. The molecule has 5 nitrogen and oxygen atoms in total. The van der Waals surface area contributed by atoms with Crippen molar-refractivity contribution in [3.8, 4) is 17.2 Å². The molecule has 216 valence electrons. The van der Waals surface area contributed by atoms with E-state index in [2.05, 4.69) is 106 Å². The highest BCUT2D eigenvalue weighted by atomic mass is 16.3. The molecule has 0 unspecified atom stereocenters. The van der Waals surface area contributed by atoms with Gasteiger partial charge in [0.1, 0.15) is 16.8 Å². The molecule has 0 bridgehead atoms. The van der Waals surface area contributed by atoms with Crippen LogP contribution in [0.3, 0.4) is 0 Å². The predicted molar refractivity (Wildman–Crippen MR) is 192 cm³/mol. The Bertz CT molecular complexity index is 3240. The van der Waals surface area contributed by atoms with E-state index in [1.165, 1.54) is 59.6 Å². The van der Waals surface area contributed by atoms with Crippen LogP contribution in [0.1, 0.15) is 0 Å². The zero-order valence-corrected chi connectivity index (χ0v) is 24.9. The minimum absolute atomic E-state index is 0.632. The molecule has 0 aliphatic heterocycles. The first-order valence-electron chi connectivity index (χ1n) is 15.9. The van der Waals surface area contributed by atoms with Gasteiger partial charge in [0.15, 0.2) is 5.58 Å². The van der Waals surface area contributed by atoms with Crippen molar-refractivity contribution in [3.05, 3.63) is 133 Å². The number of para-hydroxylation sites is 2. The van der Waals surface area contributed by atoms with Gasteiger partial charge in [0.25, 0.3) is 0 Å². The number of rotatable bonds is 2. The summed E-state index contributed by atoms with van der Waals surface area (Å²) in [4.78, 5) is 10.6. The molecule has 12 aromatic rings. The van der Waals surface area contributed by atoms with Crippen molar-refractivity contribution in [1.29, 1.82) is 0 Å². The highest BCUT2D eigenvalue weighted by Gasteiger charge is 2.26. The van der Waals surface area contributed by atoms with Gasteiger partial charge < -0.3 is 8.82 Å². The Morgan fingerprint density at radius 2 is 1.17 bits per heavy atom. The quantitative estimate of drug-likeness (QED) is 0.199. The van der Waals surface area contributed by atoms with Crippen LogP contribution in [-0.4, -0.2) is 18.9 Å². The molecule has 12 rings (SSSR count). The van der Waals surface area contributed by atoms with E-state index in [0.29, 0.717) is 11.5 Å². The highest BCUT2D eigenvalue weighted by Crippen LogP contribution is 2.47. The van der Waals surface area contributed by atoms with Crippen molar-refractivity contribution in [1.82, 2.24) is 18.9 Å². The molecule has 0 fully saturated rings. The SMILES string of the molecule is c1ccc(-c2nc(-n3c4ccc5cccc6c5c4c4c5c(ccc7c8ccccc8n6c75)ccc43)nc3c2oc2ccccc23)cc1. The Kier molecular flexibility index (Phi) is 4.17. The topological polar surface area (TPSA) is 48.3 Å². The maximum atomic E-state index is 6.45. The third-order valence-electron chi connectivity index (χ3n) is 10.2. The third-order valence-corrected chi connectivity index (χ3v) is 10.2. The molecule has 5 heteroatoms. The summed E-state index contributed by atoms with van der Waals surface area (Å²) >= 11 is 0. The van der Waals surface area contributed by atoms with Gasteiger partial charge in [-0.2, -0.15) is 0 Å². The highest BCUT2D eigenvalue weighted by molar-refractivity contribution is 6.37. The van der Waals surface area contributed by atoms with Crippen LogP contribution in [0.5, 0.6) is 0 Å². The first-order chi connectivity index (χ1) is 23.3. The Labute approximate surface area is 266 Å². The fourth-order valence-corrected chi connectivity index (χ4v) is 8.34. The number of hydrogen-bond donors (Lipinski definition) is 0. The fraction of sp³-hybridized carbons (Fsp3) is 0. The van der Waals surface area contributed by atoms with E-state index < -0.39 is 0 Å². The second-order valence-corrected chi connectivity index (χ2v) is 12.6. The van der Waals surface area contributed by atoms with E-state index in [4.69, 9.17) is 14.4 Å². The zero-order chi connectivity index (χ0) is 30.4. The summed E-state index contributed by atoms with van der Waals surface area (Å²) in [5, 5.41) is 10.9. The molecule has 0 spiro atoms. The van der Waals surface area contributed by atoms with E-state index in [-0.39, 0.29) is 0 Å². The van der Waals surface area contributed by atoms with Gasteiger partial charge >= 0.3 is 0 Å². The zero-order valence-electron chi connectivity index (χ0n) is 24.9. The lowest BCUT2D eigenvalue weighted by molar-refractivity contribution is 0.666. The molecule has 0 saturated carbocycles. The number of hydrogen-bond acceptors (Lipinski definition) is 3. The standard InChI is InChI=1S/C42H22N4O/c1-2-9-25(10-3-1)38-41-39(28-13-5-7-16-33(28)47-41)44-42(43-38)46-31-21-18-23-11-8-15-30-34(23)36(31)37-32(46)22-19-24-17-20-27-26-12-4-6-14-29(26)45(30)40(27)35(24)37/h1-22H. The van der Waals surface area contributed by atoms with Gasteiger partial charge in [-0.25, -0.2) is 9.97 Å². The molecular weight excluding hydrogens is 576 g/mol. The van der Waals surface area contributed by atoms with Crippen molar-refractivity contribution in [2.75, 3.05) is 0 Å². The molecule has 5 aromatic heterocycles. The summed E-state index contributed by atoms with van der Waals surface area (Å²) < 4.78 is 11.2. The van der Waals surface area contributed by atoms with Crippen LogP contribution < -0.4 is 0 Å². The molecule has 47 heavy (non-hydrogen) atoms. The first-order valence-corrected chi connectivity index (χ1v) is 15.9. The van der Waals surface area contributed by atoms with Crippen LogP contribution in [-0.2, 0) is 0 Å². The summed E-state index contributed by atoms with van der Waals surface area (Å²) in [6.45, 7) is 0. The number of furan rings is 1. The van der Waals surface area contributed by atoms with Gasteiger partial charge in [0.2, 0.25) is 5.95 Å². The lowest BCUT2D eigenvalue weighted by atomic mass is 9.98. The molecule has 0 radical (unpaired) electrons. The van der Waals surface area contributed by atoms with Crippen LogP contribution in [0, 0.1) is 0 Å². The van der Waals surface area contributed by atoms with Gasteiger partial charge in [-0.1, -0.05) is 97.1 Å². The van der Waals surface area contributed by atoms with Gasteiger partial charge in [-0.3, -0.25) is 4.57 Å². The fourth-order valence-electron chi connectivity index (χ4n) is 8.34. The summed E-state index contributed by atoms with van der Waals surface area (Å²) in [6, 6.07) is 47.5. The van der Waals surface area contributed by atoms with Gasteiger partial charge in [0, 0.05) is 43.3 Å². The maximum Gasteiger partial charge on any atom is 0.236 e. The molecule has 0 atom stereocenters. The number of fused-ring (bicyclic) bond motifs is 7. The number of aromatic nitrogens is 4. The Balaban J connectivity index is 1.35. The van der Waals surface area contributed by atoms with Crippen LogP contribution >= 0.6 is 0 Å². The summed E-state index contributed by atoms with van der Waals surface area (Å²) in [5.74, 6) is 0.632. The first kappa shape index (κ1) is 23.9. The molecule has 0 saturated heterocycles. The van der Waals surface area contributed by atoms with Gasteiger partial charge in [-0.15, -0.1) is 0 Å². The van der Waals surface area contributed by atoms with Crippen molar-refractivity contribution >= 4 is 92.7 Å². The van der Waals surface area contributed by atoms with E-state index in [0.717, 1.165) is 38.8 Å². The molecule has 0 amide bonds. The van der Waals surface area contributed by atoms with Crippen molar-refractivity contribution in [3.63, 3.8) is 0 Å². The predicted octanol–water partition coefficient (Wildman–Crippen LogP) is 10.9. The van der Waals surface area contributed by atoms with E-state index in [1.54, 1.807) is 0 Å². The Morgan fingerprint density at radius 3 is 2.04 bits per heavy atom.